The average Bonchev–Trinajstić information content (AvgIpc) is 3.77. The predicted molar refractivity (Wildman–Crippen MR) is 220 cm³/mol. The smallest absolute Gasteiger partial charge is 0.319 e. The number of hydrogen-bond donors (Lipinski definition) is 4. The SMILES string of the molecule is CCCCOc1nc(N)c2[nH]cc(Cc3ccc(CN4CC(CCCCOc5nc(N)c6[nH]cc(Cc7ccc(CN8CC(OC)C8)cc7)c6n5)C4)cc3)c2n1. The minimum Gasteiger partial charge on any atom is -0.463 e. The number of likely N-dealkylation sites (tertiary alicyclic amines) is 2. The molecular formula is C43H54N10O3. The van der Waals surface area contributed by atoms with Crippen molar-refractivity contribution >= 4 is 33.7 Å². The molecule has 13 nitrogen and oxygen atoms in total. The monoisotopic (exact) mass is 758 g/mol. The number of methoxy groups -OCH3 is 1. The Morgan fingerprint density at radius 1 is 0.643 bits per heavy atom. The Morgan fingerprint density at radius 2 is 1.12 bits per heavy atom. The summed E-state index contributed by atoms with van der Waals surface area (Å²) in [4.78, 5) is 29.6. The van der Waals surface area contributed by atoms with Gasteiger partial charge in [-0.15, -0.1) is 0 Å². The number of benzene rings is 2. The Kier molecular flexibility index (Phi) is 11.6. The molecule has 6 aromatic rings. The molecule has 0 unspecified atom stereocenters. The largest absolute Gasteiger partial charge is 0.463 e. The van der Waals surface area contributed by atoms with Crippen molar-refractivity contribution in [2.24, 2.45) is 5.92 Å². The molecule has 0 spiro atoms. The van der Waals surface area contributed by atoms with Crippen LogP contribution in [0.1, 0.15) is 72.4 Å². The van der Waals surface area contributed by atoms with Crippen molar-refractivity contribution in [2.45, 2.75) is 71.1 Å². The molecule has 4 aromatic heterocycles. The highest BCUT2D eigenvalue weighted by molar-refractivity contribution is 5.88. The second kappa shape index (κ2) is 17.3. The zero-order valence-corrected chi connectivity index (χ0v) is 32.6. The van der Waals surface area contributed by atoms with Gasteiger partial charge in [0.2, 0.25) is 0 Å². The van der Waals surface area contributed by atoms with Gasteiger partial charge >= 0.3 is 12.0 Å². The third-order valence-corrected chi connectivity index (χ3v) is 11.1. The normalized spacial score (nSPS) is 15.4. The van der Waals surface area contributed by atoms with Crippen LogP contribution in [0.25, 0.3) is 22.1 Å². The molecule has 0 amide bonds. The summed E-state index contributed by atoms with van der Waals surface area (Å²) in [5.74, 6) is 1.55. The number of anilines is 2. The first kappa shape index (κ1) is 37.7. The number of rotatable bonds is 19. The van der Waals surface area contributed by atoms with Crippen LogP contribution in [0.4, 0.5) is 11.6 Å². The van der Waals surface area contributed by atoms with Crippen LogP contribution in [0.5, 0.6) is 12.0 Å². The zero-order valence-electron chi connectivity index (χ0n) is 32.6. The summed E-state index contributed by atoms with van der Waals surface area (Å²) in [7, 11) is 1.78. The summed E-state index contributed by atoms with van der Waals surface area (Å²) in [5.41, 5.74) is 22.9. The minimum atomic E-state index is 0.342. The van der Waals surface area contributed by atoms with Gasteiger partial charge in [-0.05, 0) is 53.9 Å². The van der Waals surface area contributed by atoms with Crippen molar-refractivity contribution in [1.29, 1.82) is 0 Å². The number of nitrogens with zero attached hydrogens (tertiary/aromatic N) is 6. The first-order valence-electron chi connectivity index (χ1n) is 20.1. The molecule has 0 radical (unpaired) electrons. The van der Waals surface area contributed by atoms with Gasteiger partial charge in [-0.1, -0.05) is 61.9 Å². The number of fused-ring (bicyclic) bond motifs is 2. The second-order valence-electron chi connectivity index (χ2n) is 15.5. The summed E-state index contributed by atoms with van der Waals surface area (Å²) >= 11 is 0. The van der Waals surface area contributed by atoms with Crippen LogP contribution in [0.2, 0.25) is 0 Å². The summed E-state index contributed by atoms with van der Waals surface area (Å²) in [6.07, 6.45) is 11.1. The number of hydrogen-bond acceptors (Lipinski definition) is 11. The number of aromatic amines is 2. The number of aromatic nitrogens is 6. The molecule has 56 heavy (non-hydrogen) atoms. The molecule has 0 bridgehead atoms. The van der Waals surface area contributed by atoms with Crippen LogP contribution in [-0.4, -0.2) is 92.3 Å². The predicted octanol–water partition coefficient (Wildman–Crippen LogP) is 6.27. The molecule has 6 N–H and O–H groups in total. The Bertz CT molecular complexity index is 2210. The van der Waals surface area contributed by atoms with E-state index in [9.17, 15) is 0 Å². The second-order valence-corrected chi connectivity index (χ2v) is 15.5. The Balaban J connectivity index is 0.747. The van der Waals surface area contributed by atoms with Crippen molar-refractivity contribution < 1.29 is 14.2 Å². The maximum atomic E-state index is 6.32. The quantitative estimate of drug-likeness (QED) is 0.0688. The van der Waals surface area contributed by atoms with Crippen molar-refractivity contribution in [3.05, 3.63) is 94.3 Å². The molecule has 2 aliphatic rings. The van der Waals surface area contributed by atoms with Crippen LogP contribution in [0, 0.1) is 5.92 Å². The van der Waals surface area contributed by atoms with Gasteiger partial charge in [0, 0.05) is 82.7 Å². The van der Waals surface area contributed by atoms with Crippen molar-refractivity contribution in [3.8, 4) is 12.0 Å². The molecule has 0 aliphatic carbocycles. The van der Waals surface area contributed by atoms with Crippen LogP contribution >= 0.6 is 0 Å². The van der Waals surface area contributed by atoms with Gasteiger partial charge in [-0.25, -0.2) is 0 Å². The standard InChI is InChI=1S/C43H54N10O3/c1-3-4-16-55-42-48-36-33(20-46-38(36)40(44)50-42)18-28-8-12-30(13-9-28)22-52-24-32(25-52)7-5-6-17-56-43-49-37-34(21-47-39(37)41(45)51-43)19-29-10-14-31(15-11-29)23-53-26-35(27-53)54-2/h8-15,20-21,32,35,46-47H,3-7,16-19,22-27H2,1-2H3,(H2,44,48,50)(H2,45,49,51). The molecule has 0 atom stereocenters. The Hall–Kier alpha value is -5.24. The lowest BCUT2D eigenvalue weighted by molar-refractivity contribution is -0.0334. The lowest BCUT2D eigenvalue weighted by Crippen LogP contribution is -2.50. The Labute approximate surface area is 328 Å². The molecule has 2 aromatic carbocycles. The van der Waals surface area contributed by atoms with E-state index < -0.39 is 0 Å². The zero-order chi connectivity index (χ0) is 38.4. The molecule has 2 aliphatic heterocycles. The van der Waals surface area contributed by atoms with Crippen molar-refractivity contribution in [1.82, 2.24) is 39.7 Å². The molecule has 2 saturated heterocycles. The fourth-order valence-electron chi connectivity index (χ4n) is 7.79. The summed E-state index contributed by atoms with van der Waals surface area (Å²) < 4.78 is 17.2. The highest BCUT2D eigenvalue weighted by Crippen LogP contribution is 2.28. The van der Waals surface area contributed by atoms with Crippen molar-refractivity contribution in [3.63, 3.8) is 0 Å². The third-order valence-electron chi connectivity index (χ3n) is 11.1. The van der Waals surface area contributed by atoms with Crippen molar-refractivity contribution in [2.75, 3.05) is 58.0 Å². The summed E-state index contributed by atoms with van der Waals surface area (Å²) in [6, 6.07) is 18.4. The van der Waals surface area contributed by atoms with E-state index in [0.717, 1.165) is 117 Å². The Morgan fingerprint density at radius 3 is 1.62 bits per heavy atom. The van der Waals surface area contributed by atoms with Gasteiger partial charge in [0.15, 0.2) is 11.6 Å². The van der Waals surface area contributed by atoms with E-state index in [1.807, 2.05) is 12.4 Å². The van der Waals surface area contributed by atoms with Crippen LogP contribution in [0.3, 0.4) is 0 Å². The summed E-state index contributed by atoms with van der Waals surface area (Å²) in [6.45, 7) is 9.46. The van der Waals surface area contributed by atoms with E-state index in [1.165, 1.54) is 28.7 Å². The van der Waals surface area contributed by atoms with Crippen LogP contribution in [0.15, 0.2) is 60.9 Å². The van der Waals surface area contributed by atoms with E-state index >= 15 is 0 Å². The number of unbranched alkanes of at least 4 members (excludes halogenated alkanes) is 2. The number of nitrogen functional groups attached to an aromatic ring is 2. The first-order chi connectivity index (χ1) is 27.4. The molecule has 13 heteroatoms. The van der Waals surface area contributed by atoms with E-state index in [1.54, 1.807) is 7.11 Å². The maximum Gasteiger partial charge on any atom is 0.319 e. The lowest BCUT2D eigenvalue weighted by Gasteiger charge is -2.39. The topological polar surface area (TPSA) is 169 Å². The van der Waals surface area contributed by atoms with Gasteiger partial charge in [-0.3, -0.25) is 9.80 Å². The summed E-state index contributed by atoms with van der Waals surface area (Å²) in [5, 5.41) is 0. The maximum absolute atomic E-state index is 6.32. The molecule has 294 valence electrons. The van der Waals surface area contributed by atoms with Gasteiger partial charge in [0.25, 0.3) is 0 Å². The van der Waals surface area contributed by atoms with Gasteiger partial charge in [-0.2, -0.15) is 19.9 Å². The molecule has 6 heterocycles. The number of nitrogens with one attached hydrogen (secondary N) is 2. The first-order valence-corrected chi connectivity index (χ1v) is 20.1. The van der Waals surface area contributed by atoms with Crippen LogP contribution < -0.4 is 20.9 Å². The molecule has 8 rings (SSSR count). The lowest BCUT2D eigenvalue weighted by atomic mass is 9.93. The van der Waals surface area contributed by atoms with E-state index in [4.69, 9.17) is 30.7 Å². The highest BCUT2D eigenvalue weighted by Gasteiger charge is 2.27. The molecule has 0 saturated carbocycles. The minimum absolute atomic E-state index is 0.342. The highest BCUT2D eigenvalue weighted by atomic mass is 16.5. The molecule has 2 fully saturated rings. The number of H-pyrrole nitrogens is 2. The van der Waals surface area contributed by atoms with Gasteiger partial charge in [0.05, 0.1) is 19.3 Å². The van der Waals surface area contributed by atoms with E-state index in [-0.39, 0.29) is 0 Å². The van der Waals surface area contributed by atoms with E-state index in [2.05, 4.69) is 90.2 Å². The van der Waals surface area contributed by atoms with Crippen LogP contribution in [-0.2, 0) is 30.7 Å². The average molecular weight is 759 g/mol. The van der Waals surface area contributed by atoms with Gasteiger partial charge in [0.1, 0.15) is 22.1 Å². The van der Waals surface area contributed by atoms with E-state index in [0.29, 0.717) is 43.0 Å². The van der Waals surface area contributed by atoms with Gasteiger partial charge < -0.3 is 35.6 Å². The fraction of sp³-hybridized carbons (Fsp3) is 0.442. The molecular weight excluding hydrogens is 705 g/mol. The number of ether oxygens (including phenoxy) is 3. The fourth-order valence-corrected chi connectivity index (χ4v) is 7.79. The third kappa shape index (κ3) is 8.90. The number of nitrogens with two attached hydrogens (primary N) is 2.